The summed E-state index contributed by atoms with van der Waals surface area (Å²) in [5.74, 6) is 0.120. The fourth-order valence-corrected chi connectivity index (χ4v) is 3.92. The van der Waals surface area contributed by atoms with Crippen molar-refractivity contribution in [3.63, 3.8) is 0 Å². The molecule has 1 amide bonds. The first-order chi connectivity index (χ1) is 14.5. The van der Waals surface area contributed by atoms with Crippen LogP contribution in [0.15, 0.2) is 36.4 Å². The summed E-state index contributed by atoms with van der Waals surface area (Å²) in [7, 11) is 1.46. The number of aliphatic hydroxyl groups is 1. The summed E-state index contributed by atoms with van der Waals surface area (Å²) in [5.41, 5.74) is 3.68. The molecule has 8 nitrogen and oxygen atoms in total. The van der Waals surface area contributed by atoms with Gasteiger partial charge in [-0.25, -0.2) is 0 Å². The van der Waals surface area contributed by atoms with Gasteiger partial charge in [-0.1, -0.05) is 17.7 Å². The first-order valence-electron chi connectivity index (χ1n) is 9.63. The van der Waals surface area contributed by atoms with Gasteiger partial charge < -0.3 is 25.0 Å². The number of phenolic OH excluding ortho intramolecular Hbond substituents is 2. The number of H-pyrrole nitrogens is 1. The van der Waals surface area contributed by atoms with Gasteiger partial charge in [-0.15, -0.1) is 0 Å². The monoisotopic (exact) mass is 409 g/mol. The number of ether oxygens (including phenoxy) is 1. The third kappa shape index (κ3) is 3.15. The van der Waals surface area contributed by atoms with Gasteiger partial charge in [0.2, 0.25) is 0 Å². The number of methoxy groups -OCH3 is 1. The average molecular weight is 409 g/mol. The van der Waals surface area contributed by atoms with Crippen LogP contribution in [0.5, 0.6) is 17.2 Å². The quantitative estimate of drug-likeness (QED) is 0.497. The lowest BCUT2D eigenvalue weighted by Crippen LogP contribution is -2.31. The number of carbonyl (C=O) groups is 1. The van der Waals surface area contributed by atoms with Crippen molar-refractivity contribution in [3.05, 3.63) is 58.8 Å². The normalized spacial score (nSPS) is 15.5. The van der Waals surface area contributed by atoms with E-state index >= 15 is 0 Å². The number of aryl methyl sites for hydroxylation is 1. The Labute approximate surface area is 173 Å². The first-order valence-corrected chi connectivity index (χ1v) is 9.63. The minimum Gasteiger partial charge on any atom is -0.507 e. The third-order valence-electron chi connectivity index (χ3n) is 5.35. The Bertz CT molecular complexity index is 1110. The second-order valence-corrected chi connectivity index (χ2v) is 7.29. The van der Waals surface area contributed by atoms with E-state index in [9.17, 15) is 20.1 Å². The molecule has 0 fully saturated rings. The van der Waals surface area contributed by atoms with Gasteiger partial charge in [0.1, 0.15) is 17.1 Å². The third-order valence-corrected chi connectivity index (χ3v) is 5.35. The molecule has 0 saturated carbocycles. The van der Waals surface area contributed by atoms with E-state index in [1.54, 1.807) is 29.2 Å². The molecule has 0 radical (unpaired) electrons. The summed E-state index contributed by atoms with van der Waals surface area (Å²) in [6, 6.07) is 9.64. The summed E-state index contributed by atoms with van der Waals surface area (Å²) in [6.45, 7) is 2.20. The van der Waals surface area contributed by atoms with Crippen molar-refractivity contribution >= 4 is 5.91 Å². The molecule has 2 aromatic carbocycles. The average Bonchev–Trinajstić information content (AvgIpc) is 3.28. The van der Waals surface area contributed by atoms with Crippen molar-refractivity contribution in [2.24, 2.45) is 0 Å². The highest BCUT2D eigenvalue weighted by Gasteiger charge is 2.42. The molecule has 0 bridgehead atoms. The zero-order chi connectivity index (χ0) is 21.4. The number of fused-ring (bicyclic) bond motifs is 1. The minimum absolute atomic E-state index is 0.00329. The van der Waals surface area contributed by atoms with E-state index in [0.29, 0.717) is 41.2 Å². The number of aromatic nitrogens is 2. The van der Waals surface area contributed by atoms with Gasteiger partial charge in [0.25, 0.3) is 5.91 Å². The Morgan fingerprint density at radius 3 is 2.67 bits per heavy atom. The SMILES string of the molecule is COc1cc(C2c3c(-c4cc(C)ccc4O)n[nH]c3C(=O)N2CCCO)ccc1O. The number of carbonyl (C=O) groups excluding carboxylic acids is 1. The van der Waals surface area contributed by atoms with E-state index < -0.39 is 6.04 Å². The van der Waals surface area contributed by atoms with Crippen molar-refractivity contribution in [2.45, 2.75) is 19.4 Å². The van der Waals surface area contributed by atoms with Crippen LogP contribution in [0, 0.1) is 6.92 Å². The predicted molar refractivity (Wildman–Crippen MR) is 110 cm³/mol. The van der Waals surface area contributed by atoms with Crippen molar-refractivity contribution in [2.75, 3.05) is 20.3 Å². The number of hydrogen-bond acceptors (Lipinski definition) is 6. The fraction of sp³-hybridized carbons (Fsp3) is 0.273. The van der Waals surface area contributed by atoms with E-state index in [-0.39, 0.29) is 24.0 Å². The van der Waals surface area contributed by atoms with Gasteiger partial charge in [0, 0.05) is 24.3 Å². The van der Waals surface area contributed by atoms with Crippen LogP contribution in [0.1, 0.15) is 39.6 Å². The lowest BCUT2D eigenvalue weighted by Gasteiger charge is -2.26. The number of phenols is 2. The molecule has 1 atom stereocenters. The Hall–Kier alpha value is -3.52. The number of amides is 1. The molecule has 3 aromatic rings. The van der Waals surface area contributed by atoms with Crippen LogP contribution >= 0.6 is 0 Å². The number of benzene rings is 2. The van der Waals surface area contributed by atoms with Gasteiger partial charge in [0.15, 0.2) is 11.5 Å². The van der Waals surface area contributed by atoms with Crippen LogP contribution in [-0.2, 0) is 0 Å². The van der Waals surface area contributed by atoms with Gasteiger partial charge in [-0.2, -0.15) is 5.10 Å². The van der Waals surface area contributed by atoms with Crippen LogP contribution in [-0.4, -0.2) is 56.6 Å². The largest absolute Gasteiger partial charge is 0.507 e. The molecule has 0 spiro atoms. The molecule has 156 valence electrons. The number of aromatic amines is 1. The molecule has 8 heteroatoms. The van der Waals surface area contributed by atoms with Crippen LogP contribution < -0.4 is 4.74 Å². The second kappa shape index (κ2) is 7.72. The summed E-state index contributed by atoms with van der Waals surface area (Å²) >= 11 is 0. The maximum atomic E-state index is 13.1. The fourth-order valence-electron chi connectivity index (χ4n) is 3.92. The van der Waals surface area contributed by atoms with Gasteiger partial charge in [0.05, 0.1) is 13.2 Å². The topological polar surface area (TPSA) is 119 Å². The van der Waals surface area contributed by atoms with E-state index in [2.05, 4.69) is 10.2 Å². The molecule has 1 unspecified atom stereocenters. The summed E-state index contributed by atoms with van der Waals surface area (Å²) < 4.78 is 5.25. The Balaban J connectivity index is 1.91. The molecular weight excluding hydrogens is 386 g/mol. The van der Waals surface area contributed by atoms with Crippen LogP contribution in [0.4, 0.5) is 0 Å². The van der Waals surface area contributed by atoms with Crippen molar-refractivity contribution in [3.8, 4) is 28.5 Å². The number of nitrogens with one attached hydrogen (secondary N) is 1. The molecule has 4 N–H and O–H groups in total. The van der Waals surface area contributed by atoms with Gasteiger partial charge >= 0.3 is 0 Å². The molecule has 30 heavy (non-hydrogen) atoms. The highest BCUT2D eigenvalue weighted by Crippen LogP contribution is 2.45. The highest BCUT2D eigenvalue weighted by molar-refractivity contribution is 6.00. The smallest absolute Gasteiger partial charge is 0.273 e. The van der Waals surface area contributed by atoms with Gasteiger partial charge in [-0.05, 0) is 43.2 Å². The van der Waals surface area contributed by atoms with Crippen LogP contribution in [0.3, 0.4) is 0 Å². The molecule has 2 heterocycles. The predicted octanol–water partition coefficient (Wildman–Crippen LogP) is 2.73. The van der Waals surface area contributed by atoms with Crippen LogP contribution in [0.25, 0.3) is 11.3 Å². The number of hydrogen-bond donors (Lipinski definition) is 4. The van der Waals surface area contributed by atoms with Crippen molar-refractivity contribution in [1.29, 1.82) is 0 Å². The summed E-state index contributed by atoms with van der Waals surface area (Å²) in [5, 5.41) is 36.9. The maximum absolute atomic E-state index is 13.1. The Morgan fingerprint density at radius 2 is 1.93 bits per heavy atom. The molecule has 0 saturated heterocycles. The molecule has 1 aliphatic heterocycles. The highest BCUT2D eigenvalue weighted by atomic mass is 16.5. The molecule has 0 aliphatic carbocycles. The lowest BCUT2D eigenvalue weighted by molar-refractivity contribution is 0.0732. The minimum atomic E-state index is -0.512. The Morgan fingerprint density at radius 1 is 1.17 bits per heavy atom. The standard InChI is InChI=1S/C22H23N3O5/c1-12-4-6-15(27)14(10-12)19-18-20(24-23-19)22(29)25(8-3-9-26)21(18)13-5-7-16(28)17(11-13)30-2/h4-7,10-11,21,26-28H,3,8-9H2,1-2H3,(H,23,24). The molecule has 4 rings (SSSR count). The second-order valence-electron chi connectivity index (χ2n) is 7.29. The van der Waals surface area contributed by atoms with E-state index in [0.717, 1.165) is 11.1 Å². The van der Waals surface area contributed by atoms with Crippen molar-refractivity contribution < 1.29 is 24.9 Å². The number of nitrogens with zero attached hydrogens (tertiary/aromatic N) is 2. The van der Waals surface area contributed by atoms with E-state index in [1.165, 1.54) is 13.2 Å². The zero-order valence-electron chi connectivity index (χ0n) is 16.7. The van der Waals surface area contributed by atoms with Crippen molar-refractivity contribution in [1.82, 2.24) is 15.1 Å². The maximum Gasteiger partial charge on any atom is 0.273 e. The van der Waals surface area contributed by atoms with Crippen LogP contribution in [0.2, 0.25) is 0 Å². The zero-order valence-corrected chi connectivity index (χ0v) is 16.7. The number of aliphatic hydroxyl groups excluding tert-OH is 1. The summed E-state index contributed by atoms with van der Waals surface area (Å²) in [6.07, 6.45) is 0.417. The Kier molecular flexibility index (Phi) is 5.09. The first kappa shape index (κ1) is 19.8. The molecule has 1 aromatic heterocycles. The van der Waals surface area contributed by atoms with Gasteiger partial charge in [-0.3, -0.25) is 9.89 Å². The number of aromatic hydroxyl groups is 2. The summed E-state index contributed by atoms with van der Waals surface area (Å²) in [4.78, 5) is 14.8. The lowest BCUT2D eigenvalue weighted by atomic mass is 9.94. The number of rotatable bonds is 6. The molecular formula is C22H23N3O5. The van der Waals surface area contributed by atoms with E-state index in [1.807, 2.05) is 13.0 Å². The molecule has 1 aliphatic rings. The van der Waals surface area contributed by atoms with E-state index in [4.69, 9.17) is 4.74 Å².